The molecule has 0 saturated heterocycles. The molecule has 4 nitrogen and oxygen atoms in total. The number of carbonyl (C=O) groups is 2. The Morgan fingerprint density at radius 3 is 2.68 bits per heavy atom. The van der Waals surface area contributed by atoms with Crippen molar-refractivity contribution < 1.29 is 14.7 Å². The number of benzene rings is 1. The number of fused-ring (bicyclic) bond motifs is 1. The molecule has 5 heteroatoms. The standard InChI is InChI=1S/C14H15NO3S/c1-8-4-5-10-11(7-19-12(10)6-8)13(16)15(3)9(2)14(17)18/h4-7,9H,1-3H3,(H,17,18). The lowest BCUT2D eigenvalue weighted by molar-refractivity contribution is -0.141. The van der Waals surface area contributed by atoms with E-state index in [-0.39, 0.29) is 5.91 Å². The number of thiophene rings is 1. The number of carboxylic acid groups (broad SMARTS) is 1. The van der Waals surface area contributed by atoms with Gasteiger partial charge in [-0.15, -0.1) is 11.3 Å². The maximum atomic E-state index is 12.3. The summed E-state index contributed by atoms with van der Waals surface area (Å²) >= 11 is 1.50. The van der Waals surface area contributed by atoms with Gasteiger partial charge >= 0.3 is 5.97 Å². The van der Waals surface area contributed by atoms with Gasteiger partial charge in [0.25, 0.3) is 5.91 Å². The Hall–Kier alpha value is -1.88. The molecule has 1 unspecified atom stereocenters. The number of amides is 1. The molecule has 0 fully saturated rings. The van der Waals surface area contributed by atoms with Crippen LogP contribution in [0, 0.1) is 6.92 Å². The predicted octanol–water partition coefficient (Wildman–Crippen LogP) is 2.75. The van der Waals surface area contributed by atoms with Crippen LogP contribution in [-0.4, -0.2) is 35.0 Å². The monoisotopic (exact) mass is 277 g/mol. The molecule has 0 bridgehead atoms. The van der Waals surface area contributed by atoms with Crippen LogP contribution in [0.2, 0.25) is 0 Å². The van der Waals surface area contributed by atoms with Crippen LogP contribution in [0.25, 0.3) is 10.1 Å². The van der Waals surface area contributed by atoms with Gasteiger partial charge in [0.15, 0.2) is 0 Å². The number of carboxylic acids is 1. The van der Waals surface area contributed by atoms with Crippen LogP contribution < -0.4 is 0 Å². The molecule has 0 aliphatic rings. The molecule has 1 amide bonds. The van der Waals surface area contributed by atoms with E-state index in [9.17, 15) is 9.59 Å². The zero-order valence-corrected chi connectivity index (χ0v) is 11.8. The third-order valence-corrected chi connectivity index (χ3v) is 4.17. The minimum atomic E-state index is -1.01. The Kier molecular flexibility index (Phi) is 3.57. The van der Waals surface area contributed by atoms with E-state index >= 15 is 0 Å². The Morgan fingerprint density at radius 2 is 2.05 bits per heavy atom. The summed E-state index contributed by atoms with van der Waals surface area (Å²) in [4.78, 5) is 24.5. The Bertz CT molecular complexity index is 647. The molecule has 2 rings (SSSR count). The van der Waals surface area contributed by atoms with Crippen molar-refractivity contribution in [3.63, 3.8) is 0 Å². The second kappa shape index (κ2) is 5.01. The van der Waals surface area contributed by atoms with Crippen LogP contribution in [0.5, 0.6) is 0 Å². The molecule has 1 heterocycles. The molecule has 1 N–H and O–H groups in total. The number of nitrogens with zero attached hydrogens (tertiary/aromatic N) is 1. The second-order valence-electron chi connectivity index (χ2n) is 4.58. The van der Waals surface area contributed by atoms with Gasteiger partial charge in [-0.2, -0.15) is 0 Å². The van der Waals surface area contributed by atoms with E-state index in [0.717, 1.165) is 15.6 Å². The van der Waals surface area contributed by atoms with Crippen LogP contribution >= 0.6 is 11.3 Å². The van der Waals surface area contributed by atoms with Gasteiger partial charge in [-0.25, -0.2) is 4.79 Å². The van der Waals surface area contributed by atoms with E-state index in [1.807, 2.05) is 25.1 Å². The third-order valence-electron chi connectivity index (χ3n) is 3.22. The molecule has 0 aliphatic heterocycles. The van der Waals surface area contributed by atoms with E-state index in [1.54, 1.807) is 5.38 Å². The first-order valence-electron chi connectivity index (χ1n) is 5.89. The van der Waals surface area contributed by atoms with Crippen molar-refractivity contribution in [2.24, 2.45) is 0 Å². The summed E-state index contributed by atoms with van der Waals surface area (Å²) in [6.07, 6.45) is 0. The lowest BCUT2D eigenvalue weighted by Crippen LogP contribution is -2.40. The van der Waals surface area contributed by atoms with Crippen LogP contribution in [0.3, 0.4) is 0 Å². The van der Waals surface area contributed by atoms with Crippen molar-refractivity contribution in [3.8, 4) is 0 Å². The highest BCUT2D eigenvalue weighted by molar-refractivity contribution is 7.17. The minimum absolute atomic E-state index is 0.259. The zero-order chi connectivity index (χ0) is 14.2. The van der Waals surface area contributed by atoms with Crippen molar-refractivity contribution in [3.05, 3.63) is 34.7 Å². The molecule has 19 heavy (non-hydrogen) atoms. The van der Waals surface area contributed by atoms with Crippen molar-refractivity contribution in [2.75, 3.05) is 7.05 Å². The number of carbonyl (C=O) groups excluding carboxylic acids is 1. The topological polar surface area (TPSA) is 57.6 Å². The molecule has 0 aliphatic carbocycles. The van der Waals surface area contributed by atoms with Crippen LogP contribution in [-0.2, 0) is 4.79 Å². The van der Waals surface area contributed by atoms with E-state index in [4.69, 9.17) is 5.11 Å². The number of aliphatic carboxylic acids is 1. The summed E-state index contributed by atoms with van der Waals surface area (Å²) < 4.78 is 1.04. The maximum absolute atomic E-state index is 12.3. The number of rotatable bonds is 3. The fourth-order valence-corrected chi connectivity index (χ4v) is 2.86. The summed E-state index contributed by atoms with van der Waals surface area (Å²) in [5.74, 6) is -1.27. The molecule has 0 radical (unpaired) electrons. The number of likely N-dealkylation sites (N-methyl/N-ethyl adjacent to an activating group) is 1. The first-order chi connectivity index (χ1) is 8.91. The van der Waals surface area contributed by atoms with E-state index < -0.39 is 12.0 Å². The van der Waals surface area contributed by atoms with Gasteiger partial charge < -0.3 is 10.0 Å². The SMILES string of the molecule is Cc1ccc2c(C(=O)N(C)C(C)C(=O)O)csc2c1. The van der Waals surface area contributed by atoms with Crippen LogP contribution in [0.15, 0.2) is 23.6 Å². The highest BCUT2D eigenvalue weighted by Gasteiger charge is 2.24. The van der Waals surface area contributed by atoms with Gasteiger partial charge in [-0.1, -0.05) is 12.1 Å². The molecule has 0 spiro atoms. The van der Waals surface area contributed by atoms with Crippen molar-refractivity contribution in [1.29, 1.82) is 0 Å². The van der Waals surface area contributed by atoms with Crippen molar-refractivity contribution in [2.45, 2.75) is 19.9 Å². The van der Waals surface area contributed by atoms with E-state index in [0.29, 0.717) is 5.56 Å². The number of hydrogen-bond donors (Lipinski definition) is 1. The molecule has 100 valence electrons. The van der Waals surface area contributed by atoms with Crippen molar-refractivity contribution in [1.82, 2.24) is 4.90 Å². The fourth-order valence-electron chi connectivity index (χ4n) is 1.83. The second-order valence-corrected chi connectivity index (χ2v) is 5.49. The van der Waals surface area contributed by atoms with Crippen molar-refractivity contribution >= 4 is 33.3 Å². The Balaban J connectivity index is 2.39. The van der Waals surface area contributed by atoms with Gasteiger partial charge in [-0.3, -0.25) is 4.79 Å². The molecular formula is C14H15NO3S. The third kappa shape index (κ3) is 2.46. The lowest BCUT2D eigenvalue weighted by atomic mass is 10.1. The largest absolute Gasteiger partial charge is 0.480 e. The summed E-state index contributed by atoms with van der Waals surface area (Å²) in [6.45, 7) is 3.50. The van der Waals surface area contributed by atoms with Crippen LogP contribution in [0.1, 0.15) is 22.8 Å². The maximum Gasteiger partial charge on any atom is 0.326 e. The highest BCUT2D eigenvalue weighted by Crippen LogP contribution is 2.28. The molecule has 1 atom stereocenters. The van der Waals surface area contributed by atoms with Gasteiger partial charge in [0.2, 0.25) is 0 Å². The molecule has 0 saturated carbocycles. The predicted molar refractivity (Wildman–Crippen MR) is 75.8 cm³/mol. The zero-order valence-electron chi connectivity index (χ0n) is 11.0. The number of hydrogen-bond acceptors (Lipinski definition) is 3. The summed E-state index contributed by atoms with van der Waals surface area (Å²) in [7, 11) is 1.51. The van der Waals surface area contributed by atoms with E-state index in [2.05, 4.69) is 0 Å². The van der Waals surface area contributed by atoms with Gasteiger partial charge in [-0.05, 0) is 25.5 Å². The summed E-state index contributed by atoms with van der Waals surface area (Å²) in [5, 5.41) is 11.6. The van der Waals surface area contributed by atoms with Gasteiger partial charge in [0, 0.05) is 22.5 Å². The van der Waals surface area contributed by atoms with Crippen LogP contribution in [0.4, 0.5) is 0 Å². The fraction of sp³-hybridized carbons (Fsp3) is 0.286. The first kappa shape index (κ1) is 13.5. The van der Waals surface area contributed by atoms with E-state index in [1.165, 1.54) is 30.2 Å². The average molecular weight is 277 g/mol. The molecule has 2 aromatic rings. The summed E-state index contributed by atoms with van der Waals surface area (Å²) in [5.41, 5.74) is 1.70. The quantitative estimate of drug-likeness (QED) is 0.938. The highest BCUT2D eigenvalue weighted by atomic mass is 32.1. The van der Waals surface area contributed by atoms with Gasteiger partial charge in [0.05, 0.1) is 5.56 Å². The normalized spacial score (nSPS) is 12.4. The Labute approximate surface area is 115 Å². The Morgan fingerprint density at radius 1 is 1.37 bits per heavy atom. The smallest absolute Gasteiger partial charge is 0.326 e. The lowest BCUT2D eigenvalue weighted by Gasteiger charge is -2.21. The summed E-state index contributed by atoms with van der Waals surface area (Å²) in [6, 6.07) is 5.05. The molecular weight excluding hydrogens is 262 g/mol. The first-order valence-corrected chi connectivity index (χ1v) is 6.77. The van der Waals surface area contributed by atoms with Gasteiger partial charge in [0.1, 0.15) is 6.04 Å². The minimum Gasteiger partial charge on any atom is -0.480 e. The molecule has 1 aromatic heterocycles. The average Bonchev–Trinajstić information content (AvgIpc) is 2.78. The number of aryl methyl sites for hydroxylation is 1. The molecule has 1 aromatic carbocycles.